The zero-order valence-corrected chi connectivity index (χ0v) is 19.8. The summed E-state index contributed by atoms with van der Waals surface area (Å²) in [6.07, 6.45) is 9.75. The lowest BCUT2D eigenvalue weighted by Crippen LogP contribution is -2.57. The molecule has 1 saturated carbocycles. The van der Waals surface area contributed by atoms with E-state index in [-0.39, 0.29) is 36.2 Å². The van der Waals surface area contributed by atoms with E-state index in [0.29, 0.717) is 13.0 Å². The van der Waals surface area contributed by atoms with Crippen LogP contribution in [0, 0.1) is 5.92 Å². The van der Waals surface area contributed by atoms with Gasteiger partial charge in [-0.25, -0.2) is 0 Å². The van der Waals surface area contributed by atoms with Gasteiger partial charge in [0.05, 0.1) is 12.6 Å². The molecule has 2 aliphatic carbocycles. The van der Waals surface area contributed by atoms with Crippen LogP contribution in [-0.4, -0.2) is 54.8 Å². The van der Waals surface area contributed by atoms with Gasteiger partial charge in [0.15, 0.2) is 0 Å². The maximum Gasteiger partial charge on any atom is 0.246 e. The molecule has 180 valence electrons. The Morgan fingerprint density at radius 1 is 1.00 bits per heavy atom. The molecule has 3 unspecified atom stereocenters. The van der Waals surface area contributed by atoms with Gasteiger partial charge in [-0.15, -0.1) is 0 Å². The number of amides is 3. The number of hydrogen-bond acceptors (Lipinski definition) is 4. The average Bonchev–Trinajstić information content (AvgIpc) is 3.33. The van der Waals surface area contributed by atoms with Crippen LogP contribution in [0.15, 0.2) is 24.3 Å². The Labute approximate surface area is 197 Å². The third-order valence-corrected chi connectivity index (χ3v) is 7.57. The van der Waals surface area contributed by atoms with Crippen LogP contribution in [0.25, 0.3) is 0 Å². The molecule has 0 aromatic heterocycles. The summed E-state index contributed by atoms with van der Waals surface area (Å²) in [5.74, 6) is -0.179. The predicted molar refractivity (Wildman–Crippen MR) is 127 cm³/mol. The average molecular weight is 455 g/mol. The lowest BCUT2D eigenvalue weighted by molar-refractivity contribution is -0.143. The van der Waals surface area contributed by atoms with E-state index in [1.807, 2.05) is 12.1 Å². The van der Waals surface area contributed by atoms with Crippen molar-refractivity contribution in [3.63, 3.8) is 0 Å². The first kappa shape index (κ1) is 23.7. The minimum Gasteiger partial charge on any atom is -0.347 e. The van der Waals surface area contributed by atoms with Gasteiger partial charge in [0.2, 0.25) is 17.7 Å². The molecular weight excluding hydrogens is 416 g/mol. The normalized spacial score (nSPS) is 24.1. The Morgan fingerprint density at radius 2 is 1.79 bits per heavy atom. The Hall–Kier alpha value is -2.41. The number of carbonyl (C=O) groups is 3. The molecule has 1 heterocycles. The van der Waals surface area contributed by atoms with E-state index >= 15 is 0 Å². The number of nitrogens with one attached hydrogen (secondary N) is 3. The molecule has 0 radical (unpaired) electrons. The van der Waals surface area contributed by atoms with Gasteiger partial charge in [0.25, 0.3) is 0 Å². The lowest BCUT2D eigenvalue weighted by Gasteiger charge is -2.35. The highest BCUT2D eigenvalue weighted by Gasteiger charge is 2.41. The molecule has 1 aromatic carbocycles. The molecule has 3 aliphatic rings. The highest BCUT2D eigenvalue weighted by molar-refractivity contribution is 5.93. The quantitative estimate of drug-likeness (QED) is 0.590. The smallest absolute Gasteiger partial charge is 0.246 e. The van der Waals surface area contributed by atoms with E-state index < -0.39 is 12.1 Å². The number of aryl methyl sites for hydroxylation is 1. The number of likely N-dealkylation sites (N-methyl/N-ethyl adjacent to an activating group) is 1. The molecule has 1 aliphatic heterocycles. The maximum absolute atomic E-state index is 13.7. The number of carbonyl (C=O) groups excluding carboxylic acids is 3. The topological polar surface area (TPSA) is 90.5 Å². The van der Waals surface area contributed by atoms with Crippen LogP contribution in [0.4, 0.5) is 0 Å². The maximum atomic E-state index is 13.7. The van der Waals surface area contributed by atoms with Crippen LogP contribution in [0.5, 0.6) is 0 Å². The molecule has 33 heavy (non-hydrogen) atoms. The second kappa shape index (κ2) is 11.1. The highest BCUT2D eigenvalue weighted by atomic mass is 16.2. The summed E-state index contributed by atoms with van der Waals surface area (Å²) in [6, 6.07) is 7.32. The number of hydrogen-bond donors (Lipinski definition) is 3. The van der Waals surface area contributed by atoms with E-state index in [1.165, 1.54) is 17.5 Å². The summed E-state index contributed by atoms with van der Waals surface area (Å²) in [6.45, 7) is 0.755. The summed E-state index contributed by atoms with van der Waals surface area (Å²) in [5, 5.41) is 9.11. The molecule has 3 N–H and O–H groups in total. The fraction of sp³-hybridized carbons (Fsp3) is 0.654. The van der Waals surface area contributed by atoms with Crippen molar-refractivity contribution in [2.75, 3.05) is 20.1 Å². The standard InChI is InChI=1S/C26H38N4O3/c1-27-17-23(31)29-24(19-10-3-2-4-11-19)26(33)30-16-8-15-22(30)25(32)28-21-14-7-12-18-9-5-6-13-20(18)21/h5-6,9,13,19,21-22,24,27H,2-4,7-8,10-12,14-17H2,1H3,(H,28,32)(H,29,31). The second-order valence-electron chi connectivity index (χ2n) is 9.82. The largest absolute Gasteiger partial charge is 0.347 e. The molecule has 0 spiro atoms. The number of fused-ring (bicyclic) bond motifs is 1. The number of rotatable bonds is 7. The first-order valence-electron chi connectivity index (χ1n) is 12.7. The first-order valence-corrected chi connectivity index (χ1v) is 12.7. The van der Waals surface area contributed by atoms with Crippen LogP contribution < -0.4 is 16.0 Å². The van der Waals surface area contributed by atoms with E-state index in [2.05, 4.69) is 28.1 Å². The van der Waals surface area contributed by atoms with E-state index in [0.717, 1.165) is 51.4 Å². The molecule has 7 nitrogen and oxygen atoms in total. The van der Waals surface area contributed by atoms with Crippen molar-refractivity contribution in [1.82, 2.24) is 20.9 Å². The van der Waals surface area contributed by atoms with Crippen LogP contribution in [-0.2, 0) is 20.8 Å². The molecule has 3 atom stereocenters. The van der Waals surface area contributed by atoms with Crippen molar-refractivity contribution < 1.29 is 14.4 Å². The van der Waals surface area contributed by atoms with E-state index in [4.69, 9.17) is 0 Å². The monoisotopic (exact) mass is 454 g/mol. The molecule has 2 fully saturated rings. The molecular formula is C26H38N4O3. The van der Waals surface area contributed by atoms with Gasteiger partial charge in [-0.3, -0.25) is 14.4 Å². The van der Waals surface area contributed by atoms with Gasteiger partial charge in [-0.1, -0.05) is 43.5 Å². The third kappa shape index (κ3) is 5.57. The Morgan fingerprint density at radius 3 is 2.58 bits per heavy atom. The molecule has 3 amide bonds. The molecule has 0 bridgehead atoms. The van der Waals surface area contributed by atoms with E-state index in [9.17, 15) is 14.4 Å². The van der Waals surface area contributed by atoms with Crippen LogP contribution >= 0.6 is 0 Å². The molecule has 7 heteroatoms. The second-order valence-corrected chi connectivity index (χ2v) is 9.82. The summed E-state index contributed by atoms with van der Waals surface area (Å²) < 4.78 is 0. The van der Waals surface area contributed by atoms with Gasteiger partial charge < -0.3 is 20.9 Å². The third-order valence-electron chi connectivity index (χ3n) is 7.57. The summed E-state index contributed by atoms with van der Waals surface area (Å²) in [5.41, 5.74) is 2.50. The van der Waals surface area contributed by atoms with Gasteiger partial charge in [-0.2, -0.15) is 0 Å². The van der Waals surface area contributed by atoms with Crippen molar-refractivity contribution in [2.24, 2.45) is 5.92 Å². The molecule has 1 aromatic rings. The summed E-state index contributed by atoms with van der Waals surface area (Å²) in [4.78, 5) is 41.2. The number of nitrogens with zero attached hydrogens (tertiary/aromatic N) is 1. The SMILES string of the molecule is CNCC(=O)NC(C(=O)N1CCCC1C(=O)NC1CCCc2ccccc21)C1CCCCC1. The fourth-order valence-electron chi connectivity index (χ4n) is 5.89. The summed E-state index contributed by atoms with van der Waals surface area (Å²) in [7, 11) is 1.72. The minimum absolute atomic E-state index is 0.00414. The van der Waals surface area contributed by atoms with Crippen molar-refractivity contribution in [3.8, 4) is 0 Å². The molecule has 1 saturated heterocycles. The molecule has 4 rings (SSSR count). The van der Waals surface area contributed by atoms with Crippen molar-refractivity contribution in [2.45, 2.75) is 82.3 Å². The van der Waals surface area contributed by atoms with Gasteiger partial charge in [-0.05, 0) is 69.0 Å². The van der Waals surface area contributed by atoms with Gasteiger partial charge >= 0.3 is 0 Å². The van der Waals surface area contributed by atoms with Crippen LogP contribution in [0.1, 0.15) is 75.0 Å². The fourth-order valence-corrected chi connectivity index (χ4v) is 5.89. The van der Waals surface area contributed by atoms with Crippen molar-refractivity contribution in [3.05, 3.63) is 35.4 Å². The Balaban J connectivity index is 1.46. The highest BCUT2D eigenvalue weighted by Crippen LogP contribution is 2.32. The number of likely N-dealkylation sites (tertiary alicyclic amines) is 1. The van der Waals surface area contributed by atoms with Crippen molar-refractivity contribution >= 4 is 17.7 Å². The van der Waals surface area contributed by atoms with E-state index in [1.54, 1.807) is 11.9 Å². The van der Waals surface area contributed by atoms with Crippen molar-refractivity contribution in [1.29, 1.82) is 0 Å². The van der Waals surface area contributed by atoms with Crippen LogP contribution in [0.2, 0.25) is 0 Å². The number of benzene rings is 1. The van der Waals surface area contributed by atoms with Crippen LogP contribution in [0.3, 0.4) is 0 Å². The summed E-state index contributed by atoms with van der Waals surface area (Å²) >= 11 is 0. The zero-order chi connectivity index (χ0) is 23.2. The lowest BCUT2D eigenvalue weighted by atomic mass is 9.83. The zero-order valence-electron chi connectivity index (χ0n) is 19.8. The minimum atomic E-state index is -0.546. The Kier molecular flexibility index (Phi) is 8.02. The predicted octanol–water partition coefficient (Wildman–Crippen LogP) is 2.46. The van der Waals surface area contributed by atoms with Gasteiger partial charge in [0.1, 0.15) is 12.1 Å². The van der Waals surface area contributed by atoms with Gasteiger partial charge in [0, 0.05) is 6.54 Å². The first-order chi connectivity index (χ1) is 16.1. The Bertz CT molecular complexity index is 852.